The first-order valence-corrected chi connectivity index (χ1v) is 8.89. The zero-order chi connectivity index (χ0) is 18.0. The highest BCUT2D eigenvalue weighted by atomic mass is 32.2. The van der Waals surface area contributed by atoms with Gasteiger partial charge in [0.2, 0.25) is 10.0 Å². The molecule has 128 valence electrons. The van der Waals surface area contributed by atoms with Crippen LogP contribution in [0.3, 0.4) is 0 Å². The third kappa shape index (κ3) is 4.03. The fourth-order valence-corrected chi connectivity index (χ4v) is 3.59. The third-order valence-electron chi connectivity index (χ3n) is 3.74. The summed E-state index contributed by atoms with van der Waals surface area (Å²) in [6, 6.07) is 9.78. The van der Waals surface area contributed by atoms with Crippen LogP contribution in [0.4, 0.5) is 0 Å². The zero-order valence-corrected chi connectivity index (χ0v) is 14.6. The topological polar surface area (TPSA) is 103 Å². The first-order chi connectivity index (χ1) is 11.2. The first-order valence-electron chi connectivity index (χ1n) is 7.41. The van der Waals surface area contributed by atoms with Gasteiger partial charge in [-0.2, -0.15) is 5.26 Å². The van der Waals surface area contributed by atoms with Crippen LogP contribution in [0.15, 0.2) is 39.6 Å². The van der Waals surface area contributed by atoms with Crippen LogP contribution >= 0.6 is 0 Å². The summed E-state index contributed by atoms with van der Waals surface area (Å²) in [4.78, 5) is 0.0834. The Morgan fingerprint density at radius 3 is 2.42 bits per heavy atom. The predicted octanol–water partition coefficient (Wildman–Crippen LogP) is 2.15. The van der Waals surface area contributed by atoms with Gasteiger partial charge < -0.3 is 9.52 Å². The molecule has 6 nitrogen and oxygen atoms in total. The number of sulfonamides is 1. The Morgan fingerprint density at radius 1 is 1.29 bits per heavy atom. The van der Waals surface area contributed by atoms with Crippen molar-refractivity contribution in [2.24, 2.45) is 0 Å². The van der Waals surface area contributed by atoms with Crippen molar-refractivity contribution in [3.63, 3.8) is 0 Å². The van der Waals surface area contributed by atoms with Crippen molar-refractivity contribution in [2.45, 2.75) is 37.7 Å². The Balaban J connectivity index is 2.14. The van der Waals surface area contributed by atoms with Crippen molar-refractivity contribution in [3.8, 4) is 6.07 Å². The molecule has 1 aromatic heterocycles. The minimum Gasteiger partial charge on any atom is -0.466 e. The molecule has 0 aliphatic heterocycles. The SMILES string of the molecule is Cc1cc([C@](C)(O)CNS(=O)(=O)c2ccc(CC#N)cc2)c(C)o1. The second kappa shape index (κ2) is 6.77. The van der Waals surface area contributed by atoms with Crippen molar-refractivity contribution in [1.82, 2.24) is 4.72 Å². The van der Waals surface area contributed by atoms with Crippen LogP contribution in [0.5, 0.6) is 0 Å². The average molecular weight is 348 g/mol. The molecule has 0 unspecified atom stereocenters. The summed E-state index contributed by atoms with van der Waals surface area (Å²) >= 11 is 0. The van der Waals surface area contributed by atoms with Crippen LogP contribution in [-0.4, -0.2) is 20.1 Å². The quantitative estimate of drug-likeness (QED) is 0.832. The fourth-order valence-electron chi connectivity index (χ4n) is 2.46. The molecule has 0 amide bonds. The summed E-state index contributed by atoms with van der Waals surface area (Å²) in [7, 11) is -3.76. The molecule has 1 aromatic carbocycles. The number of nitrogens with one attached hydrogen (secondary N) is 1. The molecule has 7 heteroatoms. The van der Waals surface area contributed by atoms with Gasteiger partial charge in [0.25, 0.3) is 0 Å². The van der Waals surface area contributed by atoms with Gasteiger partial charge >= 0.3 is 0 Å². The van der Waals surface area contributed by atoms with E-state index >= 15 is 0 Å². The molecule has 0 bridgehead atoms. The fraction of sp³-hybridized carbons (Fsp3) is 0.353. The van der Waals surface area contributed by atoms with Crippen molar-refractivity contribution in [2.75, 3.05) is 6.54 Å². The van der Waals surface area contributed by atoms with Gasteiger partial charge in [0.05, 0.1) is 17.4 Å². The van der Waals surface area contributed by atoms with E-state index in [1.807, 2.05) is 6.07 Å². The van der Waals surface area contributed by atoms with E-state index in [2.05, 4.69) is 4.72 Å². The van der Waals surface area contributed by atoms with Crippen LogP contribution in [-0.2, 0) is 22.0 Å². The standard InChI is InChI=1S/C17H20N2O4S/c1-12-10-16(13(2)23-12)17(3,20)11-19-24(21,22)15-6-4-14(5-7-15)8-9-18/h4-7,10,19-20H,8,11H2,1-3H3/t17-/m1/s1. The van der Waals surface area contributed by atoms with E-state index in [4.69, 9.17) is 9.68 Å². The molecule has 0 aliphatic rings. The number of hydrogen-bond donors (Lipinski definition) is 2. The molecule has 0 aliphatic carbocycles. The second-order valence-electron chi connectivity index (χ2n) is 5.90. The van der Waals surface area contributed by atoms with E-state index in [0.717, 1.165) is 5.56 Å². The number of furan rings is 1. The summed E-state index contributed by atoms with van der Waals surface area (Å²) in [6.45, 7) is 4.83. The molecule has 1 heterocycles. The van der Waals surface area contributed by atoms with E-state index in [-0.39, 0.29) is 17.9 Å². The molecule has 0 spiro atoms. The highest BCUT2D eigenvalue weighted by Gasteiger charge is 2.29. The minimum atomic E-state index is -3.76. The highest BCUT2D eigenvalue weighted by Crippen LogP contribution is 2.26. The van der Waals surface area contributed by atoms with Crippen LogP contribution in [0.1, 0.15) is 29.6 Å². The van der Waals surface area contributed by atoms with Gasteiger partial charge in [-0.05, 0) is 44.5 Å². The molecule has 0 saturated heterocycles. The lowest BCUT2D eigenvalue weighted by Gasteiger charge is -2.23. The molecule has 0 fully saturated rings. The van der Waals surface area contributed by atoms with Gasteiger partial charge in [-0.1, -0.05) is 12.1 Å². The van der Waals surface area contributed by atoms with E-state index in [9.17, 15) is 13.5 Å². The average Bonchev–Trinajstić information content (AvgIpc) is 2.86. The number of rotatable bonds is 6. The third-order valence-corrected chi connectivity index (χ3v) is 5.16. The maximum absolute atomic E-state index is 12.4. The van der Waals surface area contributed by atoms with Crippen LogP contribution < -0.4 is 4.72 Å². The van der Waals surface area contributed by atoms with Gasteiger partial charge in [0.1, 0.15) is 17.1 Å². The van der Waals surface area contributed by atoms with Crippen molar-refractivity contribution in [1.29, 1.82) is 5.26 Å². The van der Waals surface area contributed by atoms with E-state index in [0.29, 0.717) is 17.1 Å². The maximum atomic E-state index is 12.4. The molecule has 0 saturated carbocycles. The lowest BCUT2D eigenvalue weighted by Crippen LogP contribution is -2.38. The zero-order valence-electron chi connectivity index (χ0n) is 13.8. The Morgan fingerprint density at radius 2 is 1.92 bits per heavy atom. The number of nitriles is 1. The van der Waals surface area contributed by atoms with E-state index in [1.165, 1.54) is 19.1 Å². The molecule has 2 aromatic rings. The monoisotopic (exact) mass is 348 g/mol. The first kappa shape index (κ1) is 18.2. The Labute approximate surface area is 141 Å². The summed E-state index contributed by atoms with van der Waals surface area (Å²) in [5, 5.41) is 19.2. The van der Waals surface area contributed by atoms with Gasteiger partial charge in [-0.3, -0.25) is 0 Å². The number of hydrogen-bond acceptors (Lipinski definition) is 5. The van der Waals surface area contributed by atoms with Gasteiger partial charge in [0.15, 0.2) is 0 Å². The molecule has 2 rings (SSSR count). The smallest absolute Gasteiger partial charge is 0.240 e. The Kier molecular flexibility index (Phi) is 5.13. The molecule has 2 N–H and O–H groups in total. The molecule has 0 radical (unpaired) electrons. The van der Waals surface area contributed by atoms with Gasteiger partial charge in [-0.25, -0.2) is 13.1 Å². The molecular weight excluding hydrogens is 328 g/mol. The number of nitrogens with zero attached hydrogens (tertiary/aromatic N) is 1. The number of aliphatic hydroxyl groups is 1. The summed E-state index contributed by atoms with van der Waals surface area (Å²) < 4.78 is 32.5. The van der Waals surface area contributed by atoms with Crippen LogP contribution in [0.25, 0.3) is 0 Å². The lowest BCUT2D eigenvalue weighted by molar-refractivity contribution is 0.0612. The van der Waals surface area contributed by atoms with E-state index < -0.39 is 15.6 Å². The lowest BCUT2D eigenvalue weighted by atomic mass is 9.97. The van der Waals surface area contributed by atoms with Crippen LogP contribution in [0.2, 0.25) is 0 Å². The molecular formula is C17H20N2O4S. The van der Waals surface area contributed by atoms with Crippen molar-refractivity contribution >= 4 is 10.0 Å². The minimum absolute atomic E-state index is 0.0834. The summed E-state index contributed by atoms with van der Waals surface area (Å²) in [5.41, 5.74) is -0.102. The van der Waals surface area contributed by atoms with E-state index in [1.54, 1.807) is 32.0 Å². The van der Waals surface area contributed by atoms with Crippen LogP contribution in [0, 0.1) is 25.2 Å². The highest BCUT2D eigenvalue weighted by molar-refractivity contribution is 7.89. The van der Waals surface area contributed by atoms with Gasteiger partial charge in [0, 0.05) is 12.1 Å². The molecule has 24 heavy (non-hydrogen) atoms. The largest absolute Gasteiger partial charge is 0.466 e. The Hall–Kier alpha value is -2.14. The second-order valence-corrected chi connectivity index (χ2v) is 7.67. The maximum Gasteiger partial charge on any atom is 0.240 e. The normalized spacial score (nSPS) is 14.1. The summed E-state index contributed by atoms with van der Waals surface area (Å²) in [6.07, 6.45) is 0.224. The van der Waals surface area contributed by atoms with Crippen molar-refractivity contribution < 1.29 is 17.9 Å². The number of benzene rings is 1. The molecule has 1 atom stereocenters. The summed E-state index contributed by atoms with van der Waals surface area (Å²) in [5.74, 6) is 1.20. The number of aryl methyl sites for hydroxylation is 2. The predicted molar refractivity (Wildman–Crippen MR) is 88.7 cm³/mol. The van der Waals surface area contributed by atoms with Gasteiger partial charge in [-0.15, -0.1) is 0 Å². The van der Waals surface area contributed by atoms with Crippen molar-refractivity contribution in [3.05, 3.63) is 53.0 Å². The Bertz CT molecular complexity index is 859.